The fourth-order valence-corrected chi connectivity index (χ4v) is 2.73. The van der Waals surface area contributed by atoms with Gasteiger partial charge in [-0.2, -0.15) is 0 Å². The zero-order valence-electron chi connectivity index (χ0n) is 8.63. The summed E-state index contributed by atoms with van der Waals surface area (Å²) in [6.45, 7) is 8.79. The van der Waals surface area contributed by atoms with E-state index in [-0.39, 0.29) is 0 Å². The lowest BCUT2D eigenvalue weighted by atomic mass is 9.47. The molecule has 3 rings (SSSR count). The molecule has 2 bridgehead atoms. The Morgan fingerprint density at radius 2 is 2.23 bits per heavy atom. The van der Waals surface area contributed by atoms with Crippen LogP contribution in [0.15, 0.2) is 17.3 Å². The maximum absolute atomic E-state index is 4.82. The number of allylic oxidation sites excluding steroid dienone is 1. The highest BCUT2D eigenvalue weighted by Gasteiger charge is 2.53. The monoisotopic (exact) mass is 179 g/mol. The molecule has 0 aromatic carbocycles. The van der Waals surface area contributed by atoms with Crippen LogP contribution < -0.4 is 0 Å². The highest BCUT2D eigenvalue weighted by atomic mass is 16.6. The topological polar surface area (TPSA) is 21.6 Å². The number of oxime groups is 1. The SMILES string of the molecule is C=C1/C(=N\OC)C[C@@H]2C[C@@H]1C2(C)C. The van der Waals surface area contributed by atoms with Crippen molar-refractivity contribution < 1.29 is 4.84 Å². The van der Waals surface area contributed by atoms with Crippen LogP contribution in [0.5, 0.6) is 0 Å². The van der Waals surface area contributed by atoms with E-state index >= 15 is 0 Å². The van der Waals surface area contributed by atoms with Crippen LogP contribution in [-0.4, -0.2) is 12.8 Å². The molecule has 0 aliphatic heterocycles. The van der Waals surface area contributed by atoms with Crippen LogP contribution >= 0.6 is 0 Å². The van der Waals surface area contributed by atoms with E-state index < -0.39 is 0 Å². The third kappa shape index (κ3) is 1.04. The van der Waals surface area contributed by atoms with Crippen LogP contribution in [0.3, 0.4) is 0 Å². The molecule has 72 valence electrons. The van der Waals surface area contributed by atoms with E-state index in [9.17, 15) is 0 Å². The molecule has 0 spiro atoms. The Labute approximate surface area is 79.7 Å². The summed E-state index contributed by atoms with van der Waals surface area (Å²) < 4.78 is 0. The van der Waals surface area contributed by atoms with Gasteiger partial charge in [-0.05, 0) is 35.7 Å². The summed E-state index contributed by atoms with van der Waals surface area (Å²) in [7, 11) is 1.60. The summed E-state index contributed by atoms with van der Waals surface area (Å²) in [5.41, 5.74) is 2.74. The first-order valence-electron chi connectivity index (χ1n) is 4.86. The van der Waals surface area contributed by atoms with E-state index in [0.29, 0.717) is 11.3 Å². The van der Waals surface area contributed by atoms with Crippen LogP contribution in [0.4, 0.5) is 0 Å². The Morgan fingerprint density at radius 1 is 1.54 bits per heavy atom. The molecule has 0 aromatic rings. The van der Waals surface area contributed by atoms with Gasteiger partial charge in [0.25, 0.3) is 0 Å². The van der Waals surface area contributed by atoms with E-state index in [0.717, 1.165) is 18.1 Å². The van der Waals surface area contributed by atoms with Crippen molar-refractivity contribution in [3.8, 4) is 0 Å². The molecular weight excluding hydrogens is 162 g/mol. The van der Waals surface area contributed by atoms with Crippen LogP contribution in [0.2, 0.25) is 0 Å². The predicted octanol–water partition coefficient (Wildman–Crippen LogP) is 2.61. The average molecular weight is 179 g/mol. The van der Waals surface area contributed by atoms with Crippen molar-refractivity contribution in [2.24, 2.45) is 22.4 Å². The normalized spacial score (nSPS) is 38.7. The Morgan fingerprint density at radius 3 is 2.69 bits per heavy atom. The lowest BCUT2D eigenvalue weighted by Crippen LogP contribution is -2.52. The Bertz CT molecular complexity index is 278. The molecule has 2 heteroatoms. The second-order valence-electron chi connectivity index (χ2n) is 4.76. The van der Waals surface area contributed by atoms with E-state index in [4.69, 9.17) is 4.84 Å². The zero-order chi connectivity index (χ0) is 9.64. The Balaban J connectivity index is 2.22. The molecule has 13 heavy (non-hydrogen) atoms. The second-order valence-corrected chi connectivity index (χ2v) is 4.76. The standard InChI is InChI=1S/C11H17NO/c1-7-9-5-8(11(9,2)3)6-10(7)12-13-4/h8-9H,1,5-6H2,2-4H3/b12-10-/t8-,9-/m0/s1. The van der Waals surface area contributed by atoms with Crippen molar-refractivity contribution in [1.29, 1.82) is 0 Å². The lowest BCUT2D eigenvalue weighted by Gasteiger charge is -2.57. The first-order valence-corrected chi connectivity index (χ1v) is 4.86. The summed E-state index contributed by atoms with van der Waals surface area (Å²) in [5.74, 6) is 1.43. The smallest absolute Gasteiger partial charge is 0.106 e. The number of fused-ring (bicyclic) bond motifs is 2. The number of hydrogen-bond donors (Lipinski definition) is 0. The molecule has 0 radical (unpaired) electrons. The molecule has 3 fully saturated rings. The van der Waals surface area contributed by atoms with E-state index in [1.165, 1.54) is 12.0 Å². The van der Waals surface area contributed by atoms with Gasteiger partial charge in [-0.25, -0.2) is 0 Å². The Kier molecular flexibility index (Phi) is 1.76. The first-order chi connectivity index (χ1) is 6.07. The Hall–Kier alpha value is -0.790. The van der Waals surface area contributed by atoms with Crippen LogP contribution in [0.25, 0.3) is 0 Å². The van der Waals surface area contributed by atoms with Gasteiger partial charge < -0.3 is 4.84 Å². The van der Waals surface area contributed by atoms with E-state index in [2.05, 4.69) is 25.6 Å². The van der Waals surface area contributed by atoms with Gasteiger partial charge in [0.15, 0.2) is 0 Å². The molecule has 0 amide bonds. The molecular formula is C11H17NO. The van der Waals surface area contributed by atoms with Crippen molar-refractivity contribution in [2.75, 3.05) is 7.11 Å². The summed E-state index contributed by atoms with van der Waals surface area (Å²) in [5, 5.41) is 4.03. The van der Waals surface area contributed by atoms with Crippen molar-refractivity contribution in [3.05, 3.63) is 12.2 Å². The van der Waals surface area contributed by atoms with Gasteiger partial charge in [0, 0.05) is 0 Å². The van der Waals surface area contributed by atoms with Gasteiger partial charge in [0.2, 0.25) is 0 Å². The fraction of sp³-hybridized carbons (Fsp3) is 0.727. The molecule has 2 atom stereocenters. The minimum absolute atomic E-state index is 0.448. The minimum Gasteiger partial charge on any atom is -0.399 e. The van der Waals surface area contributed by atoms with Gasteiger partial charge in [-0.1, -0.05) is 25.6 Å². The number of nitrogens with zero attached hydrogens (tertiary/aromatic N) is 1. The predicted molar refractivity (Wildman–Crippen MR) is 53.6 cm³/mol. The summed E-state index contributed by atoms with van der Waals surface area (Å²) in [4.78, 5) is 4.82. The summed E-state index contributed by atoms with van der Waals surface area (Å²) in [6.07, 6.45) is 2.35. The van der Waals surface area contributed by atoms with Gasteiger partial charge in [-0.3, -0.25) is 0 Å². The molecule has 2 nitrogen and oxygen atoms in total. The van der Waals surface area contributed by atoms with Gasteiger partial charge in [0.05, 0.1) is 5.71 Å². The van der Waals surface area contributed by atoms with Crippen molar-refractivity contribution >= 4 is 5.71 Å². The first kappa shape index (κ1) is 8.79. The maximum Gasteiger partial charge on any atom is 0.106 e. The molecule has 0 saturated heterocycles. The summed E-state index contributed by atoms with van der Waals surface area (Å²) in [6, 6.07) is 0. The molecule has 0 heterocycles. The molecule has 0 aromatic heterocycles. The van der Waals surface area contributed by atoms with E-state index in [1.54, 1.807) is 7.11 Å². The van der Waals surface area contributed by atoms with Gasteiger partial charge >= 0.3 is 0 Å². The zero-order valence-corrected chi connectivity index (χ0v) is 8.63. The fourth-order valence-electron chi connectivity index (χ4n) is 2.73. The molecule has 0 unspecified atom stereocenters. The van der Waals surface area contributed by atoms with Crippen molar-refractivity contribution in [1.82, 2.24) is 0 Å². The van der Waals surface area contributed by atoms with Crippen molar-refractivity contribution in [3.63, 3.8) is 0 Å². The largest absolute Gasteiger partial charge is 0.399 e. The quantitative estimate of drug-likeness (QED) is 0.567. The number of rotatable bonds is 1. The summed E-state index contributed by atoms with van der Waals surface area (Å²) >= 11 is 0. The average Bonchev–Trinajstić information content (AvgIpc) is 2.08. The number of hydrogen-bond acceptors (Lipinski definition) is 2. The van der Waals surface area contributed by atoms with Gasteiger partial charge in [-0.15, -0.1) is 0 Å². The molecule has 0 N–H and O–H groups in total. The van der Waals surface area contributed by atoms with Crippen molar-refractivity contribution in [2.45, 2.75) is 26.7 Å². The third-order valence-corrected chi connectivity index (χ3v) is 3.90. The molecule has 3 aliphatic rings. The highest BCUT2D eigenvalue weighted by Crippen LogP contribution is 2.59. The van der Waals surface area contributed by atoms with Crippen LogP contribution in [-0.2, 0) is 4.84 Å². The van der Waals surface area contributed by atoms with Crippen LogP contribution in [0.1, 0.15) is 26.7 Å². The maximum atomic E-state index is 4.82. The third-order valence-electron chi connectivity index (χ3n) is 3.90. The van der Waals surface area contributed by atoms with Crippen LogP contribution in [0, 0.1) is 17.3 Å². The molecule has 3 saturated carbocycles. The minimum atomic E-state index is 0.448. The molecule has 3 aliphatic carbocycles. The van der Waals surface area contributed by atoms with E-state index in [1.807, 2.05) is 0 Å². The highest BCUT2D eigenvalue weighted by molar-refractivity contribution is 6.01. The lowest BCUT2D eigenvalue weighted by molar-refractivity contribution is 0.000258. The van der Waals surface area contributed by atoms with Gasteiger partial charge in [0.1, 0.15) is 7.11 Å². The second kappa shape index (κ2) is 2.60.